The Labute approximate surface area is 270 Å². The van der Waals surface area contributed by atoms with Crippen LogP contribution in [0.15, 0.2) is 85.3 Å². The molecule has 0 saturated carbocycles. The van der Waals surface area contributed by atoms with Crippen molar-refractivity contribution >= 4 is 28.8 Å². The molecule has 12 heteroatoms. The highest BCUT2D eigenvalue weighted by Gasteiger charge is 2.36. The number of nitrogens with zero attached hydrogens (tertiary/aromatic N) is 4. The van der Waals surface area contributed by atoms with Crippen molar-refractivity contribution in [3.05, 3.63) is 119 Å². The molecule has 0 aliphatic carbocycles. The second-order valence-corrected chi connectivity index (χ2v) is 11.8. The largest absolute Gasteiger partial charge is 0.416 e. The van der Waals surface area contributed by atoms with E-state index in [1.54, 1.807) is 30.7 Å². The molecule has 46 heavy (non-hydrogen) atoms. The van der Waals surface area contributed by atoms with Crippen LogP contribution in [0.25, 0.3) is 0 Å². The maximum absolute atomic E-state index is 14.6. The Balaban J connectivity index is 1.65. The van der Waals surface area contributed by atoms with Crippen molar-refractivity contribution in [1.29, 1.82) is 5.26 Å². The lowest BCUT2D eigenvalue weighted by atomic mass is 9.88. The second kappa shape index (κ2) is 15.1. The van der Waals surface area contributed by atoms with E-state index in [9.17, 15) is 22.4 Å². The standard InChI is InChI=1S/C34H34F4N6OS/c1-22(2)15-27(31(45)16-26-18-41-21-43(26)19-24-13-11-23(17-39)12-14-24)32(40)44(33(46)42-30-10-6-5-9-29(30)35)20-25-7-3-4-8-28(25)34(36,37)38/h3-14,18,21-22,27,32H,15-16,19-20,40H2,1-2H3,(H,42,46)/t27-,32?/m1/s1. The van der Waals surface area contributed by atoms with Crippen LogP contribution in [-0.2, 0) is 30.5 Å². The fourth-order valence-corrected chi connectivity index (χ4v) is 5.49. The molecule has 0 amide bonds. The maximum atomic E-state index is 14.6. The predicted octanol–water partition coefficient (Wildman–Crippen LogP) is 6.92. The van der Waals surface area contributed by atoms with Crippen molar-refractivity contribution < 1.29 is 22.4 Å². The number of aromatic nitrogens is 2. The third-order valence-corrected chi connectivity index (χ3v) is 7.88. The van der Waals surface area contributed by atoms with E-state index in [-0.39, 0.29) is 41.0 Å². The Morgan fingerprint density at radius 2 is 1.76 bits per heavy atom. The van der Waals surface area contributed by atoms with Gasteiger partial charge < -0.3 is 20.5 Å². The number of para-hydroxylation sites is 1. The minimum Gasteiger partial charge on any atom is -0.330 e. The van der Waals surface area contributed by atoms with Gasteiger partial charge in [0.15, 0.2) is 5.11 Å². The Morgan fingerprint density at radius 3 is 2.41 bits per heavy atom. The predicted molar refractivity (Wildman–Crippen MR) is 172 cm³/mol. The number of nitrogens with two attached hydrogens (primary N) is 1. The number of rotatable bonds is 12. The van der Waals surface area contributed by atoms with Gasteiger partial charge in [0.25, 0.3) is 0 Å². The highest BCUT2D eigenvalue weighted by molar-refractivity contribution is 7.80. The molecular weight excluding hydrogens is 616 g/mol. The quantitative estimate of drug-likeness (QED) is 0.0976. The molecule has 3 aromatic carbocycles. The van der Waals surface area contributed by atoms with Crippen molar-refractivity contribution in [1.82, 2.24) is 14.5 Å². The summed E-state index contributed by atoms with van der Waals surface area (Å²) in [7, 11) is 0. The fraction of sp³-hybridized carbons (Fsp3) is 0.294. The first-order chi connectivity index (χ1) is 21.9. The first-order valence-electron chi connectivity index (χ1n) is 14.6. The minimum absolute atomic E-state index is 0.000898. The maximum Gasteiger partial charge on any atom is 0.416 e. The molecule has 0 aliphatic heterocycles. The monoisotopic (exact) mass is 650 g/mol. The van der Waals surface area contributed by atoms with Gasteiger partial charge in [0.05, 0.1) is 41.3 Å². The van der Waals surface area contributed by atoms with Gasteiger partial charge in [-0.15, -0.1) is 0 Å². The van der Waals surface area contributed by atoms with Crippen LogP contribution in [0.4, 0.5) is 23.2 Å². The third-order valence-electron chi connectivity index (χ3n) is 7.54. The first kappa shape index (κ1) is 34.3. The van der Waals surface area contributed by atoms with Gasteiger partial charge in [-0.25, -0.2) is 9.37 Å². The van der Waals surface area contributed by atoms with E-state index in [4.69, 9.17) is 23.2 Å². The molecule has 240 valence electrons. The molecule has 3 N–H and O–H groups in total. The zero-order chi connectivity index (χ0) is 33.4. The van der Waals surface area contributed by atoms with E-state index < -0.39 is 29.6 Å². The van der Waals surface area contributed by atoms with Gasteiger partial charge in [0.2, 0.25) is 0 Å². The van der Waals surface area contributed by atoms with E-state index in [0.717, 1.165) is 11.6 Å². The second-order valence-electron chi connectivity index (χ2n) is 11.4. The number of Topliss-reactive ketones (excluding diaryl/α,β-unsaturated/α-hetero) is 1. The van der Waals surface area contributed by atoms with E-state index in [1.165, 1.54) is 41.3 Å². The average molecular weight is 651 g/mol. The lowest BCUT2D eigenvalue weighted by Gasteiger charge is -2.37. The topological polar surface area (TPSA) is 100.0 Å². The van der Waals surface area contributed by atoms with E-state index in [0.29, 0.717) is 24.2 Å². The van der Waals surface area contributed by atoms with Gasteiger partial charge in [0.1, 0.15) is 11.6 Å². The highest BCUT2D eigenvalue weighted by Crippen LogP contribution is 2.33. The number of imidazole rings is 1. The normalized spacial score (nSPS) is 12.8. The van der Waals surface area contributed by atoms with Crippen molar-refractivity contribution in [2.45, 2.75) is 52.1 Å². The molecule has 4 aromatic rings. The molecule has 0 radical (unpaired) electrons. The molecule has 0 saturated heterocycles. The van der Waals surface area contributed by atoms with Crippen molar-refractivity contribution in [3.63, 3.8) is 0 Å². The van der Waals surface area contributed by atoms with Gasteiger partial charge in [-0.3, -0.25) is 4.79 Å². The van der Waals surface area contributed by atoms with Gasteiger partial charge >= 0.3 is 6.18 Å². The van der Waals surface area contributed by atoms with Crippen LogP contribution < -0.4 is 11.1 Å². The lowest BCUT2D eigenvalue weighted by Crippen LogP contribution is -2.53. The summed E-state index contributed by atoms with van der Waals surface area (Å²) in [6.45, 7) is 3.87. The van der Waals surface area contributed by atoms with Crippen LogP contribution in [-0.4, -0.2) is 31.5 Å². The molecule has 4 rings (SSSR count). The molecule has 0 bridgehead atoms. The number of halogens is 4. The smallest absolute Gasteiger partial charge is 0.330 e. The molecule has 1 aromatic heterocycles. The lowest BCUT2D eigenvalue weighted by molar-refractivity contribution is -0.138. The number of alkyl halides is 3. The highest BCUT2D eigenvalue weighted by atomic mass is 32.1. The minimum atomic E-state index is -4.65. The molecule has 7 nitrogen and oxygen atoms in total. The summed E-state index contributed by atoms with van der Waals surface area (Å²) in [4.78, 5) is 19.6. The van der Waals surface area contributed by atoms with Gasteiger partial charge in [0, 0.05) is 31.4 Å². The van der Waals surface area contributed by atoms with Crippen LogP contribution in [0.1, 0.15) is 48.2 Å². The Morgan fingerprint density at radius 1 is 1.09 bits per heavy atom. The average Bonchev–Trinajstić information content (AvgIpc) is 3.45. The SMILES string of the molecule is CC(C)C[C@H](C(=O)Cc1cncn1Cc1ccc(C#N)cc1)C(N)N(Cc1ccccc1C(F)(F)F)C(=S)Nc1ccccc1F. The number of anilines is 1. The molecule has 0 spiro atoms. The summed E-state index contributed by atoms with van der Waals surface area (Å²) >= 11 is 5.62. The van der Waals surface area contributed by atoms with E-state index in [1.807, 2.05) is 30.5 Å². The summed E-state index contributed by atoms with van der Waals surface area (Å²) in [5.74, 6) is -1.71. The number of ketones is 1. The van der Waals surface area contributed by atoms with Crippen molar-refractivity contribution in [3.8, 4) is 6.07 Å². The molecule has 0 aliphatic rings. The number of hydrogen-bond donors (Lipinski definition) is 2. The molecule has 0 fully saturated rings. The van der Waals surface area contributed by atoms with Crippen LogP contribution in [0.3, 0.4) is 0 Å². The Kier molecular flexibility index (Phi) is 11.3. The number of nitriles is 1. The van der Waals surface area contributed by atoms with Gasteiger partial charge in [-0.2, -0.15) is 18.4 Å². The van der Waals surface area contributed by atoms with Gasteiger partial charge in [-0.1, -0.05) is 56.3 Å². The van der Waals surface area contributed by atoms with E-state index in [2.05, 4.69) is 16.4 Å². The number of carbonyl (C=O) groups is 1. The Hall–Kier alpha value is -4.60. The van der Waals surface area contributed by atoms with Crippen LogP contribution in [0, 0.1) is 29.0 Å². The fourth-order valence-electron chi connectivity index (χ4n) is 5.20. The number of hydrogen-bond acceptors (Lipinski definition) is 5. The summed E-state index contributed by atoms with van der Waals surface area (Å²) in [6.07, 6.45) is -2.33. The summed E-state index contributed by atoms with van der Waals surface area (Å²) < 4.78 is 58.3. The summed E-state index contributed by atoms with van der Waals surface area (Å²) in [5.41, 5.74) is 7.90. The molecule has 2 atom stereocenters. The zero-order valence-electron chi connectivity index (χ0n) is 25.3. The number of carbonyl (C=O) groups excluding carboxylic acids is 1. The number of benzene rings is 3. The van der Waals surface area contributed by atoms with Crippen LogP contribution in [0.2, 0.25) is 0 Å². The van der Waals surface area contributed by atoms with Crippen molar-refractivity contribution in [2.24, 2.45) is 17.6 Å². The summed E-state index contributed by atoms with van der Waals surface area (Å²) in [6, 6.07) is 20.0. The number of thiocarbonyl (C=S) groups is 1. The molecular formula is C34H34F4N6OS. The molecule has 1 heterocycles. The number of nitrogens with one attached hydrogen (secondary N) is 1. The zero-order valence-corrected chi connectivity index (χ0v) is 26.2. The first-order valence-corrected chi connectivity index (χ1v) is 15.0. The van der Waals surface area contributed by atoms with Gasteiger partial charge in [-0.05, 0) is 66.0 Å². The van der Waals surface area contributed by atoms with Crippen LogP contribution in [0.5, 0.6) is 0 Å². The summed E-state index contributed by atoms with van der Waals surface area (Å²) in [5, 5.41) is 11.7. The van der Waals surface area contributed by atoms with Crippen LogP contribution >= 0.6 is 12.2 Å². The van der Waals surface area contributed by atoms with E-state index >= 15 is 0 Å². The Bertz CT molecular complexity index is 1700. The third kappa shape index (κ3) is 8.77. The molecule has 1 unspecified atom stereocenters. The van der Waals surface area contributed by atoms with Crippen molar-refractivity contribution in [2.75, 3.05) is 5.32 Å².